The molecule has 4 aromatic carbocycles. The minimum Gasteiger partial charge on any atom is -0.508 e. The predicted molar refractivity (Wildman–Crippen MR) is 184 cm³/mol. The zero-order chi connectivity index (χ0) is 34.8. The fraction of sp³-hybridized carbons (Fsp3) is 0.316. The van der Waals surface area contributed by atoms with Crippen LogP contribution in [0.25, 0.3) is 0 Å². The number of anilines is 1. The summed E-state index contributed by atoms with van der Waals surface area (Å²) in [5.74, 6) is -0.463. The van der Waals surface area contributed by atoms with Gasteiger partial charge in [0.25, 0.3) is 0 Å². The van der Waals surface area contributed by atoms with Crippen molar-refractivity contribution in [1.29, 1.82) is 0 Å². The van der Waals surface area contributed by atoms with Gasteiger partial charge < -0.3 is 45.1 Å². The molecule has 0 saturated carbocycles. The quantitative estimate of drug-likeness (QED) is 0.124. The van der Waals surface area contributed by atoms with Gasteiger partial charge in [-0.15, -0.1) is 0 Å². The van der Waals surface area contributed by atoms with Crippen LogP contribution in [0.2, 0.25) is 0 Å². The van der Waals surface area contributed by atoms with Gasteiger partial charge in [-0.05, 0) is 53.6 Å². The van der Waals surface area contributed by atoms with E-state index in [9.17, 15) is 24.9 Å². The van der Waals surface area contributed by atoms with Crippen molar-refractivity contribution in [2.45, 2.75) is 50.1 Å². The first-order valence-electron chi connectivity index (χ1n) is 16.2. The zero-order valence-electron chi connectivity index (χ0n) is 27.6. The van der Waals surface area contributed by atoms with Crippen LogP contribution in [0.3, 0.4) is 0 Å². The number of nitrogens with zero attached hydrogens (tertiary/aromatic N) is 1. The number of hydrogen-bond acceptors (Lipinski definition) is 9. The molecule has 5 atom stereocenters. The standard InChI is InChI=1S/C38H43N3O8/c1-41(23-34(44)28-10-7-13-31(43)20-28)22-32-21-35(27-16-14-26(24-42)15-17-27)49-37(48-32)29-11-6-12-30(19-29)39-38(46)40-33(36(45)47-2)18-25-8-4-3-5-9-25/h3-17,19-20,32-35,37,42-44H,18,21-24H2,1-2H3,(H2,39,40,46)/t32-,33-,34+,35+,37+/m0/s1. The molecule has 1 fully saturated rings. The van der Waals surface area contributed by atoms with Crippen LogP contribution in [0.5, 0.6) is 5.75 Å². The lowest BCUT2D eigenvalue weighted by Crippen LogP contribution is -2.45. The van der Waals surface area contributed by atoms with Gasteiger partial charge in [-0.2, -0.15) is 0 Å². The molecule has 258 valence electrons. The van der Waals surface area contributed by atoms with Gasteiger partial charge in [-0.1, -0.05) is 78.9 Å². The summed E-state index contributed by atoms with van der Waals surface area (Å²) in [6.45, 7) is 0.736. The number of carbonyl (C=O) groups is 2. The first-order valence-corrected chi connectivity index (χ1v) is 16.2. The number of aliphatic hydroxyl groups excluding tert-OH is 2. The summed E-state index contributed by atoms with van der Waals surface area (Å²) in [6, 6.07) is 29.2. The lowest BCUT2D eigenvalue weighted by atomic mass is 9.99. The molecule has 5 rings (SSSR count). The number of aliphatic hydroxyl groups is 2. The van der Waals surface area contributed by atoms with Crippen molar-refractivity contribution >= 4 is 17.7 Å². The van der Waals surface area contributed by atoms with Crippen molar-refractivity contribution in [3.8, 4) is 5.75 Å². The number of carbonyl (C=O) groups excluding carboxylic acids is 2. The Hall–Kier alpha value is -4.78. The summed E-state index contributed by atoms with van der Waals surface area (Å²) >= 11 is 0. The second-order valence-corrected chi connectivity index (χ2v) is 12.2. The Bertz CT molecular complexity index is 1670. The van der Waals surface area contributed by atoms with Crippen molar-refractivity contribution < 1.29 is 39.1 Å². The maximum Gasteiger partial charge on any atom is 0.328 e. The first kappa shape index (κ1) is 35.5. The fourth-order valence-electron chi connectivity index (χ4n) is 5.86. The van der Waals surface area contributed by atoms with E-state index >= 15 is 0 Å². The highest BCUT2D eigenvalue weighted by Crippen LogP contribution is 2.38. The Labute approximate surface area is 286 Å². The molecule has 0 bridgehead atoms. The van der Waals surface area contributed by atoms with Gasteiger partial charge in [0.2, 0.25) is 0 Å². The van der Waals surface area contributed by atoms with Crippen LogP contribution in [-0.2, 0) is 32.0 Å². The molecule has 0 aliphatic carbocycles. The topological polar surface area (TPSA) is 150 Å². The Kier molecular flexibility index (Phi) is 12.4. The Morgan fingerprint density at radius 1 is 0.918 bits per heavy atom. The van der Waals surface area contributed by atoms with Gasteiger partial charge in [0.05, 0.1) is 32.0 Å². The van der Waals surface area contributed by atoms with E-state index in [0.717, 1.165) is 16.7 Å². The second kappa shape index (κ2) is 17.0. The number of nitrogens with one attached hydrogen (secondary N) is 2. The number of benzene rings is 4. The van der Waals surface area contributed by atoms with Crippen molar-refractivity contribution in [3.05, 3.63) is 131 Å². The number of amides is 2. The molecule has 1 saturated heterocycles. The summed E-state index contributed by atoms with van der Waals surface area (Å²) in [5.41, 5.74) is 4.37. The maximum absolute atomic E-state index is 13.0. The zero-order valence-corrected chi connectivity index (χ0v) is 27.6. The van der Waals surface area contributed by atoms with Crippen LogP contribution in [0.1, 0.15) is 52.7 Å². The number of hydrogen-bond donors (Lipinski definition) is 5. The van der Waals surface area contributed by atoms with Crippen LogP contribution < -0.4 is 10.6 Å². The molecule has 11 nitrogen and oxygen atoms in total. The number of phenols is 1. The number of likely N-dealkylation sites (N-methyl/N-ethyl adjacent to an activating group) is 1. The number of methoxy groups -OCH3 is 1. The van der Waals surface area contributed by atoms with Gasteiger partial charge in [0.1, 0.15) is 11.8 Å². The van der Waals surface area contributed by atoms with Gasteiger partial charge in [-0.3, -0.25) is 0 Å². The van der Waals surface area contributed by atoms with E-state index in [1.54, 1.807) is 42.5 Å². The van der Waals surface area contributed by atoms with Gasteiger partial charge in [-0.25, -0.2) is 9.59 Å². The van der Waals surface area contributed by atoms with Crippen molar-refractivity contribution in [3.63, 3.8) is 0 Å². The van der Waals surface area contributed by atoms with Crippen LogP contribution in [-0.4, -0.2) is 71.6 Å². The average molecular weight is 670 g/mol. The number of rotatable bonds is 13. The lowest BCUT2D eigenvalue weighted by Gasteiger charge is -2.38. The van der Waals surface area contributed by atoms with Crippen molar-refractivity contribution in [1.82, 2.24) is 10.2 Å². The van der Waals surface area contributed by atoms with Crippen LogP contribution in [0.15, 0.2) is 103 Å². The van der Waals surface area contributed by atoms with E-state index in [1.807, 2.05) is 72.6 Å². The molecule has 0 aromatic heterocycles. The predicted octanol–water partition coefficient (Wildman–Crippen LogP) is 5.00. The molecule has 5 N–H and O–H groups in total. The third-order valence-electron chi connectivity index (χ3n) is 8.36. The Balaban J connectivity index is 1.29. The smallest absolute Gasteiger partial charge is 0.328 e. The van der Waals surface area contributed by atoms with Gasteiger partial charge >= 0.3 is 12.0 Å². The molecule has 11 heteroatoms. The summed E-state index contributed by atoms with van der Waals surface area (Å²) in [5, 5.41) is 35.7. The fourth-order valence-corrected chi connectivity index (χ4v) is 5.86. The van der Waals surface area contributed by atoms with E-state index in [-0.39, 0.29) is 31.0 Å². The molecule has 1 heterocycles. The van der Waals surface area contributed by atoms with Crippen LogP contribution in [0.4, 0.5) is 10.5 Å². The molecule has 49 heavy (non-hydrogen) atoms. The Morgan fingerprint density at radius 3 is 2.39 bits per heavy atom. The molecule has 0 unspecified atom stereocenters. The third-order valence-corrected chi connectivity index (χ3v) is 8.36. The number of aromatic hydroxyl groups is 1. The highest BCUT2D eigenvalue weighted by molar-refractivity contribution is 5.92. The molecule has 0 spiro atoms. The molecular formula is C38H43N3O8. The van der Waals surface area contributed by atoms with E-state index in [0.29, 0.717) is 36.3 Å². The molecule has 1 aliphatic heterocycles. The molecular weight excluding hydrogens is 626 g/mol. The van der Waals surface area contributed by atoms with E-state index in [2.05, 4.69) is 10.6 Å². The van der Waals surface area contributed by atoms with E-state index in [1.165, 1.54) is 7.11 Å². The normalized spacial score (nSPS) is 18.8. The molecule has 1 aliphatic rings. The van der Waals surface area contributed by atoms with E-state index < -0.39 is 30.4 Å². The summed E-state index contributed by atoms with van der Waals surface area (Å²) in [4.78, 5) is 27.5. The first-order chi connectivity index (χ1) is 23.7. The second-order valence-electron chi connectivity index (χ2n) is 12.2. The maximum atomic E-state index is 13.0. The number of esters is 1. The van der Waals surface area contributed by atoms with Crippen molar-refractivity contribution in [2.75, 3.05) is 32.6 Å². The SMILES string of the molecule is COC(=O)[C@H](Cc1ccccc1)NC(=O)Nc1cccc([C@@H]2O[C@H](CN(C)C[C@@H](O)c3cccc(O)c3)C[C@H](c3ccc(CO)cc3)O2)c1. The third kappa shape index (κ3) is 10.1. The number of urea groups is 1. The average Bonchev–Trinajstić information content (AvgIpc) is 3.11. The summed E-state index contributed by atoms with van der Waals surface area (Å²) < 4.78 is 17.9. The lowest BCUT2D eigenvalue weighted by molar-refractivity contribution is -0.252. The number of ether oxygens (including phenoxy) is 3. The minimum absolute atomic E-state index is 0.0630. The highest BCUT2D eigenvalue weighted by Gasteiger charge is 2.33. The number of phenolic OH excluding ortho intramolecular Hbond substituents is 1. The van der Waals surface area contributed by atoms with E-state index in [4.69, 9.17) is 14.2 Å². The Morgan fingerprint density at radius 2 is 1.67 bits per heavy atom. The van der Waals surface area contributed by atoms with Crippen LogP contribution in [0, 0.1) is 0 Å². The minimum atomic E-state index is -0.887. The van der Waals surface area contributed by atoms with Gasteiger partial charge in [0.15, 0.2) is 6.29 Å². The van der Waals surface area contributed by atoms with Gasteiger partial charge in [0, 0.05) is 37.2 Å². The molecule has 0 radical (unpaired) electrons. The molecule has 2 amide bonds. The molecule has 4 aromatic rings. The highest BCUT2D eigenvalue weighted by atomic mass is 16.7. The van der Waals surface area contributed by atoms with Crippen LogP contribution >= 0.6 is 0 Å². The summed E-state index contributed by atoms with van der Waals surface area (Å²) in [6.07, 6.45) is -1.41. The largest absolute Gasteiger partial charge is 0.508 e. The summed E-state index contributed by atoms with van der Waals surface area (Å²) in [7, 11) is 3.18. The van der Waals surface area contributed by atoms with Crippen molar-refractivity contribution in [2.24, 2.45) is 0 Å². The monoisotopic (exact) mass is 669 g/mol.